The first kappa shape index (κ1) is 18.6. The summed E-state index contributed by atoms with van der Waals surface area (Å²) in [6.45, 7) is 10.5. The molecule has 1 aliphatic heterocycles. The molecule has 1 aromatic carbocycles. The van der Waals surface area contributed by atoms with Crippen molar-refractivity contribution in [3.63, 3.8) is 0 Å². The molecule has 144 valence electrons. The molecule has 6 heteroatoms. The van der Waals surface area contributed by atoms with Gasteiger partial charge in [0.1, 0.15) is 5.75 Å². The average molecular weight is 388 g/mol. The highest BCUT2D eigenvalue weighted by atomic mass is 35.5. The van der Waals surface area contributed by atoms with Crippen molar-refractivity contribution < 1.29 is 9.53 Å². The van der Waals surface area contributed by atoms with Gasteiger partial charge in [-0.05, 0) is 43.2 Å². The van der Waals surface area contributed by atoms with Gasteiger partial charge in [0, 0.05) is 48.6 Å². The van der Waals surface area contributed by atoms with Gasteiger partial charge in [-0.3, -0.25) is 9.69 Å². The number of hydrogen-bond acceptors (Lipinski definition) is 3. The third kappa shape index (κ3) is 3.93. The Bertz CT molecular complexity index is 768. The molecule has 1 N–H and O–H groups in total. The summed E-state index contributed by atoms with van der Waals surface area (Å²) in [6, 6.07) is 5.27. The number of anilines is 1. The van der Waals surface area contributed by atoms with Crippen molar-refractivity contribution in [3.8, 4) is 5.75 Å². The van der Waals surface area contributed by atoms with Crippen LogP contribution in [0.3, 0.4) is 0 Å². The lowest BCUT2D eigenvalue weighted by Crippen LogP contribution is -2.59. The standard InChI is InChI=1S/C21H26ClN3O2/c1-23-21(7-8-21)14-25-12-20(13-25)5-3-15(4-6-20)19(26)24-17-9-16(22)10-18(11-17)27-2/h9-11,15H,3-8,12-14H2,2H3,(H,24,26). The molecule has 1 amide bonds. The Hall–Kier alpha value is -1.77. The summed E-state index contributed by atoms with van der Waals surface area (Å²) >= 11 is 6.08. The summed E-state index contributed by atoms with van der Waals surface area (Å²) in [5.74, 6) is 0.783. The number of ether oxygens (including phenoxy) is 1. The van der Waals surface area contributed by atoms with Gasteiger partial charge in [-0.25, -0.2) is 6.57 Å². The molecule has 3 aliphatic rings. The number of nitrogens with zero attached hydrogens (tertiary/aromatic N) is 2. The number of amides is 1. The van der Waals surface area contributed by atoms with Crippen LogP contribution in [0.5, 0.6) is 5.75 Å². The Labute approximate surface area is 165 Å². The molecule has 0 bridgehead atoms. The lowest BCUT2D eigenvalue weighted by molar-refractivity contribution is -0.123. The minimum absolute atomic E-state index is 0.0588. The van der Waals surface area contributed by atoms with Crippen molar-refractivity contribution in [2.24, 2.45) is 11.3 Å². The van der Waals surface area contributed by atoms with Crippen LogP contribution >= 0.6 is 11.6 Å². The molecule has 2 aliphatic carbocycles. The van der Waals surface area contributed by atoms with Crippen molar-refractivity contribution in [3.05, 3.63) is 34.6 Å². The van der Waals surface area contributed by atoms with Crippen molar-refractivity contribution in [1.29, 1.82) is 0 Å². The van der Waals surface area contributed by atoms with E-state index in [-0.39, 0.29) is 17.4 Å². The van der Waals surface area contributed by atoms with Crippen molar-refractivity contribution in [2.45, 2.75) is 44.1 Å². The Morgan fingerprint density at radius 1 is 1.30 bits per heavy atom. The maximum Gasteiger partial charge on any atom is 0.245 e. The molecule has 1 heterocycles. The van der Waals surface area contributed by atoms with E-state index in [2.05, 4.69) is 15.1 Å². The zero-order chi connectivity index (χ0) is 19.1. The summed E-state index contributed by atoms with van der Waals surface area (Å²) in [5.41, 5.74) is 1.01. The van der Waals surface area contributed by atoms with Crippen LogP contribution in [0, 0.1) is 17.9 Å². The quantitative estimate of drug-likeness (QED) is 0.769. The summed E-state index contributed by atoms with van der Waals surface area (Å²) in [6.07, 6.45) is 6.21. The molecule has 1 spiro atoms. The van der Waals surface area contributed by atoms with Gasteiger partial charge >= 0.3 is 0 Å². The predicted octanol–water partition coefficient (Wildman–Crippen LogP) is 4.23. The molecule has 0 unspecified atom stereocenters. The fourth-order valence-corrected chi connectivity index (χ4v) is 4.91. The average Bonchev–Trinajstić information content (AvgIpc) is 3.40. The van der Waals surface area contributed by atoms with E-state index in [4.69, 9.17) is 22.9 Å². The lowest BCUT2D eigenvalue weighted by Gasteiger charge is -2.53. The summed E-state index contributed by atoms with van der Waals surface area (Å²) in [4.78, 5) is 18.9. The number of halogens is 1. The molecule has 5 nitrogen and oxygen atoms in total. The minimum atomic E-state index is -0.0588. The Kier molecular flexibility index (Phi) is 4.82. The number of carbonyl (C=O) groups is 1. The second-order valence-corrected chi connectivity index (χ2v) is 9.06. The maximum atomic E-state index is 12.7. The number of methoxy groups -OCH3 is 1. The topological polar surface area (TPSA) is 45.9 Å². The van der Waals surface area contributed by atoms with E-state index in [1.54, 1.807) is 25.3 Å². The van der Waals surface area contributed by atoms with E-state index in [1.165, 1.54) is 0 Å². The molecule has 1 saturated heterocycles. The lowest BCUT2D eigenvalue weighted by atomic mass is 9.65. The number of benzene rings is 1. The van der Waals surface area contributed by atoms with Crippen LogP contribution in [0.2, 0.25) is 5.02 Å². The van der Waals surface area contributed by atoms with Crippen LogP contribution in [-0.2, 0) is 4.79 Å². The largest absolute Gasteiger partial charge is 0.497 e. The molecule has 2 saturated carbocycles. The second kappa shape index (κ2) is 7.00. The maximum absolute atomic E-state index is 12.7. The first-order valence-corrected chi connectivity index (χ1v) is 10.1. The number of carbonyl (C=O) groups excluding carboxylic acids is 1. The summed E-state index contributed by atoms with van der Waals surface area (Å²) in [7, 11) is 1.59. The van der Waals surface area contributed by atoms with Gasteiger partial charge in [0.05, 0.1) is 13.7 Å². The zero-order valence-corrected chi connectivity index (χ0v) is 16.5. The molecule has 0 atom stereocenters. The molecule has 1 aromatic rings. The van der Waals surface area contributed by atoms with Crippen LogP contribution < -0.4 is 10.1 Å². The highest BCUT2D eigenvalue weighted by molar-refractivity contribution is 6.31. The highest BCUT2D eigenvalue weighted by Gasteiger charge is 2.55. The molecular formula is C21H26ClN3O2. The van der Waals surface area contributed by atoms with Crippen LogP contribution in [0.4, 0.5) is 5.69 Å². The summed E-state index contributed by atoms with van der Waals surface area (Å²) < 4.78 is 5.21. The van der Waals surface area contributed by atoms with E-state index >= 15 is 0 Å². The van der Waals surface area contributed by atoms with E-state index in [9.17, 15) is 4.79 Å². The molecule has 0 aromatic heterocycles. The first-order chi connectivity index (χ1) is 12.9. The van der Waals surface area contributed by atoms with Crippen molar-refractivity contribution >= 4 is 23.2 Å². The zero-order valence-electron chi connectivity index (χ0n) is 15.8. The summed E-state index contributed by atoms with van der Waals surface area (Å²) in [5, 5.41) is 3.55. The number of hydrogen-bond donors (Lipinski definition) is 1. The minimum Gasteiger partial charge on any atom is -0.497 e. The van der Waals surface area contributed by atoms with Crippen LogP contribution in [0.25, 0.3) is 4.85 Å². The van der Waals surface area contributed by atoms with Gasteiger partial charge in [-0.15, -0.1) is 0 Å². The number of likely N-dealkylation sites (tertiary alicyclic amines) is 1. The van der Waals surface area contributed by atoms with E-state index in [0.717, 1.165) is 58.2 Å². The van der Waals surface area contributed by atoms with Gasteiger partial charge < -0.3 is 14.9 Å². The van der Waals surface area contributed by atoms with Gasteiger partial charge in [-0.2, -0.15) is 0 Å². The normalized spacial score (nSPS) is 23.3. The Morgan fingerprint density at radius 3 is 2.59 bits per heavy atom. The molecule has 3 fully saturated rings. The third-order valence-electron chi connectivity index (χ3n) is 6.49. The highest BCUT2D eigenvalue weighted by Crippen LogP contribution is 2.49. The van der Waals surface area contributed by atoms with E-state index in [1.807, 2.05) is 0 Å². The SMILES string of the molecule is [C-]#[N+]C1(CN2CC3(CCC(C(=O)Nc4cc(Cl)cc(OC)c4)CC3)C2)CC1. The Balaban J connectivity index is 1.27. The predicted molar refractivity (Wildman–Crippen MR) is 106 cm³/mol. The smallest absolute Gasteiger partial charge is 0.245 e. The first-order valence-electron chi connectivity index (χ1n) is 9.71. The van der Waals surface area contributed by atoms with E-state index < -0.39 is 0 Å². The van der Waals surface area contributed by atoms with Crippen LogP contribution in [-0.4, -0.2) is 43.1 Å². The second-order valence-electron chi connectivity index (χ2n) is 8.62. The molecule has 27 heavy (non-hydrogen) atoms. The number of nitrogens with one attached hydrogen (secondary N) is 1. The van der Waals surface area contributed by atoms with Crippen LogP contribution in [0.1, 0.15) is 38.5 Å². The fraction of sp³-hybridized carbons (Fsp3) is 0.619. The van der Waals surface area contributed by atoms with Gasteiger partial charge in [-0.1, -0.05) is 11.6 Å². The molecular weight excluding hydrogens is 362 g/mol. The van der Waals surface area contributed by atoms with Crippen LogP contribution in [0.15, 0.2) is 18.2 Å². The van der Waals surface area contributed by atoms with E-state index in [0.29, 0.717) is 21.9 Å². The van der Waals surface area contributed by atoms with Gasteiger partial charge in [0.15, 0.2) is 0 Å². The van der Waals surface area contributed by atoms with Crippen molar-refractivity contribution in [1.82, 2.24) is 4.90 Å². The fourth-order valence-electron chi connectivity index (χ4n) is 4.69. The molecule has 0 radical (unpaired) electrons. The molecule has 4 rings (SSSR count). The van der Waals surface area contributed by atoms with Gasteiger partial charge in [0.25, 0.3) is 0 Å². The van der Waals surface area contributed by atoms with Crippen molar-refractivity contribution in [2.75, 3.05) is 32.1 Å². The number of rotatable bonds is 5. The monoisotopic (exact) mass is 387 g/mol. The van der Waals surface area contributed by atoms with Gasteiger partial charge in [0.2, 0.25) is 11.4 Å². The third-order valence-corrected chi connectivity index (χ3v) is 6.71. The Morgan fingerprint density at radius 2 is 2.00 bits per heavy atom.